The molecule has 1 amide bonds. The van der Waals surface area contributed by atoms with E-state index in [0.717, 1.165) is 44.3 Å². The van der Waals surface area contributed by atoms with Gasteiger partial charge in [0, 0.05) is 39.6 Å². The van der Waals surface area contributed by atoms with Crippen LogP contribution in [0.2, 0.25) is 0 Å². The third kappa shape index (κ3) is 9.08. The zero-order valence-corrected chi connectivity index (χ0v) is 41.1. The highest BCUT2D eigenvalue weighted by Crippen LogP contribution is 2.37. The van der Waals surface area contributed by atoms with Gasteiger partial charge in [-0.25, -0.2) is 53.9 Å². The summed E-state index contributed by atoms with van der Waals surface area (Å²) in [5.74, 6) is 1.45. The molecule has 0 N–H and O–H groups in total. The Balaban J connectivity index is 0.911. The Morgan fingerprint density at radius 3 is 1.78 bits per heavy atom. The van der Waals surface area contributed by atoms with Gasteiger partial charge in [0.05, 0.1) is 68.8 Å². The van der Waals surface area contributed by atoms with Crippen molar-refractivity contribution in [2.24, 2.45) is 4.99 Å². The van der Waals surface area contributed by atoms with Crippen molar-refractivity contribution in [3.8, 4) is 56.5 Å². The number of ether oxygens (including phenoxy) is 2. The lowest BCUT2D eigenvalue weighted by Gasteiger charge is -2.19. The van der Waals surface area contributed by atoms with Gasteiger partial charge in [-0.2, -0.15) is 0 Å². The normalized spacial score (nSPS) is 14.9. The van der Waals surface area contributed by atoms with E-state index in [0.29, 0.717) is 75.2 Å². The van der Waals surface area contributed by atoms with Gasteiger partial charge in [0.25, 0.3) is 0 Å². The second-order valence-corrected chi connectivity index (χ2v) is 20.9. The van der Waals surface area contributed by atoms with Crippen molar-refractivity contribution in [3.63, 3.8) is 0 Å². The number of hydrogen-bond donors (Lipinski definition) is 0. The van der Waals surface area contributed by atoms with Gasteiger partial charge in [0.1, 0.15) is 17.5 Å². The summed E-state index contributed by atoms with van der Waals surface area (Å²) in [5, 5.41) is 0. The van der Waals surface area contributed by atoms with Gasteiger partial charge in [0.2, 0.25) is 20.0 Å². The van der Waals surface area contributed by atoms with Crippen LogP contribution in [0.25, 0.3) is 67.7 Å². The van der Waals surface area contributed by atoms with Crippen LogP contribution in [0, 0.1) is 0 Å². The molecule has 1 aliphatic carbocycles. The van der Waals surface area contributed by atoms with Crippen molar-refractivity contribution >= 4 is 49.2 Å². The molecular weight excluding hydrogens is 953 g/mol. The summed E-state index contributed by atoms with van der Waals surface area (Å²) in [6.45, 7) is 0.222. The van der Waals surface area contributed by atoms with E-state index in [9.17, 15) is 26.4 Å². The maximum absolute atomic E-state index is 13.5. The van der Waals surface area contributed by atoms with E-state index in [-0.39, 0.29) is 12.4 Å². The number of nitrogens with zero attached hydrogens (tertiary/aromatic N) is 8. The fraction of sp³-hybridized carbons (Fsp3) is 0.148. The predicted molar refractivity (Wildman–Crippen MR) is 276 cm³/mol. The Hall–Kier alpha value is -8.48. The summed E-state index contributed by atoms with van der Waals surface area (Å²) in [4.78, 5) is 46.8. The number of carbonyl (C=O) groups is 2. The van der Waals surface area contributed by atoms with Gasteiger partial charge < -0.3 is 9.47 Å². The summed E-state index contributed by atoms with van der Waals surface area (Å²) in [5.41, 5.74) is 8.75. The Labute approximate surface area is 416 Å². The second-order valence-electron chi connectivity index (χ2n) is 17.2. The molecule has 1 atom stereocenters. The predicted octanol–water partition coefficient (Wildman–Crippen LogP) is 9.67. The van der Waals surface area contributed by atoms with Crippen molar-refractivity contribution in [1.82, 2.24) is 32.4 Å². The standard InChI is InChI=1S/C54H46N8O8S2/c1-69-53(63)59-33-45(41-17-11-19-43(29-41)47-31-55-49(61(47)54(64)70-2)37-13-7-5-8-14-37)57-51(59)40-27-23-36(24-28-40)35-21-25-39(26-22-35)50-56-32-48(62(50)72(4,67)68)44-20-12-18-42(30-44)46-34-60(71(3,65)66)52(58-46)38-15-9-6-10-16-38/h5-21,23-25,27-32,34,45H,22,26,33H2,1-4H3. The minimum atomic E-state index is -3.87. The van der Waals surface area contributed by atoms with Gasteiger partial charge in [-0.1, -0.05) is 133 Å². The summed E-state index contributed by atoms with van der Waals surface area (Å²) < 4.78 is 66.9. The molecule has 8 aromatic rings. The Bertz CT molecular complexity index is 3750. The molecule has 72 heavy (non-hydrogen) atoms. The molecule has 16 nitrogen and oxygen atoms in total. The summed E-state index contributed by atoms with van der Waals surface area (Å²) >= 11 is 0. The van der Waals surface area contributed by atoms with Crippen LogP contribution in [0.4, 0.5) is 9.59 Å². The third-order valence-electron chi connectivity index (χ3n) is 12.5. The van der Waals surface area contributed by atoms with E-state index in [2.05, 4.69) is 9.97 Å². The molecular formula is C54H46N8O8S2. The highest BCUT2D eigenvalue weighted by molar-refractivity contribution is 7.89. The van der Waals surface area contributed by atoms with E-state index in [1.165, 1.54) is 40.1 Å². The van der Waals surface area contributed by atoms with E-state index >= 15 is 0 Å². The number of allylic oxidation sites excluding steroid dienone is 4. The summed E-state index contributed by atoms with van der Waals surface area (Å²) in [6.07, 6.45) is 10.7. The molecule has 0 saturated carbocycles. The van der Waals surface area contributed by atoms with E-state index < -0.39 is 38.3 Å². The SMILES string of the molecule is COC(=O)N1CC(c2cccc(-c3cnc(-c4ccccc4)n3C(=O)OC)c2)N=C1c1ccc(C2=CC=C(c3ncc(-c4cccc(-c5cn(S(C)(=O)=O)c(-c6ccccc6)n5)c4)n3S(C)(=O)=O)CC2)cc1. The second kappa shape index (κ2) is 19.0. The molecule has 1 unspecified atom stereocenters. The molecule has 2 aliphatic rings. The Morgan fingerprint density at radius 2 is 1.14 bits per heavy atom. The maximum atomic E-state index is 13.5. The third-order valence-corrected chi connectivity index (χ3v) is 14.5. The largest absolute Gasteiger partial charge is 0.452 e. The van der Waals surface area contributed by atoms with Crippen LogP contribution in [-0.2, 0) is 29.5 Å². The molecule has 0 radical (unpaired) electrons. The van der Waals surface area contributed by atoms with E-state index in [1.54, 1.807) is 54.7 Å². The zero-order chi connectivity index (χ0) is 50.3. The molecule has 362 valence electrons. The first-order valence-corrected chi connectivity index (χ1v) is 26.4. The number of rotatable bonds is 11. The topological polar surface area (TPSA) is 190 Å². The number of methoxy groups -OCH3 is 2. The molecule has 0 fully saturated rings. The number of aromatic nitrogens is 6. The van der Waals surface area contributed by atoms with E-state index in [4.69, 9.17) is 19.5 Å². The number of aliphatic imine (C=N–C) groups is 1. The van der Waals surface area contributed by atoms with Crippen LogP contribution in [0.3, 0.4) is 0 Å². The van der Waals surface area contributed by atoms with Crippen LogP contribution in [0.1, 0.15) is 41.4 Å². The lowest BCUT2D eigenvalue weighted by molar-refractivity contribution is 0.147. The lowest BCUT2D eigenvalue weighted by atomic mass is 9.92. The van der Waals surface area contributed by atoms with Gasteiger partial charge in [-0.15, -0.1) is 0 Å². The van der Waals surface area contributed by atoms with Crippen molar-refractivity contribution in [3.05, 3.63) is 187 Å². The molecule has 0 bridgehead atoms. The molecule has 18 heteroatoms. The van der Waals surface area contributed by atoms with Crippen molar-refractivity contribution in [2.75, 3.05) is 33.3 Å². The van der Waals surface area contributed by atoms with Crippen LogP contribution in [0.15, 0.2) is 169 Å². The molecule has 5 aromatic carbocycles. The molecule has 4 heterocycles. The molecule has 3 aromatic heterocycles. The van der Waals surface area contributed by atoms with Gasteiger partial charge in [0.15, 0.2) is 5.82 Å². The first-order valence-electron chi connectivity index (χ1n) is 22.7. The molecule has 0 spiro atoms. The number of carbonyl (C=O) groups excluding carboxylic acids is 2. The van der Waals surface area contributed by atoms with Gasteiger partial charge in [-0.3, -0.25) is 9.89 Å². The fourth-order valence-electron chi connectivity index (χ4n) is 9.08. The van der Waals surface area contributed by atoms with Crippen LogP contribution < -0.4 is 0 Å². The Kier molecular flexibility index (Phi) is 12.5. The molecule has 1 aliphatic heterocycles. The smallest absolute Gasteiger partial charge is 0.419 e. The van der Waals surface area contributed by atoms with Crippen molar-refractivity contribution < 1.29 is 35.9 Å². The number of benzene rings is 5. The average molecular weight is 999 g/mol. The first kappa shape index (κ1) is 47.2. The van der Waals surface area contributed by atoms with Crippen LogP contribution in [-0.4, -0.2) is 100 Å². The average Bonchev–Trinajstić information content (AvgIpc) is 4.24. The zero-order valence-electron chi connectivity index (χ0n) is 39.4. The maximum Gasteiger partial charge on any atom is 0.419 e. The number of amidine groups is 1. The van der Waals surface area contributed by atoms with Gasteiger partial charge >= 0.3 is 12.2 Å². The fourth-order valence-corrected chi connectivity index (χ4v) is 10.8. The highest BCUT2D eigenvalue weighted by atomic mass is 32.2. The minimum Gasteiger partial charge on any atom is -0.452 e. The Morgan fingerprint density at radius 1 is 0.569 bits per heavy atom. The number of imidazole rings is 3. The van der Waals surface area contributed by atoms with Gasteiger partial charge in [-0.05, 0) is 47.2 Å². The quantitative estimate of drug-likeness (QED) is 0.120. The monoisotopic (exact) mass is 998 g/mol. The van der Waals surface area contributed by atoms with Crippen molar-refractivity contribution in [2.45, 2.75) is 18.9 Å². The van der Waals surface area contributed by atoms with Crippen LogP contribution in [0.5, 0.6) is 0 Å². The number of amides is 1. The minimum absolute atomic E-state index is 0.222. The summed E-state index contributed by atoms with van der Waals surface area (Å²) in [7, 11) is -4.93. The first-order chi connectivity index (χ1) is 34.7. The van der Waals surface area contributed by atoms with Crippen LogP contribution >= 0.6 is 0 Å². The summed E-state index contributed by atoms with van der Waals surface area (Å²) in [6, 6.07) is 40.4. The highest BCUT2D eigenvalue weighted by Gasteiger charge is 2.33. The molecule has 10 rings (SSSR count). The number of hydrogen-bond acceptors (Lipinski definition) is 12. The molecule has 0 saturated heterocycles. The van der Waals surface area contributed by atoms with Crippen molar-refractivity contribution in [1.29, 1.82) is 0 Å². The lowest BCUT2D eigenvalue weighted by Crippen LogP contribution is -2.35. The van der Waals surface area contributed by atoms with E-state index in [1.807, 2.05) is 97.1 Å².